The summed E-state index contributed by atoms with van der Waals surface area (Å²) in [6.07, 6.45) is 1.32. The van der Waals surface area contributed by atoms with Crippen LogP contribution in [-0.4, -0.2) is 17.7 Å². The van der Waals surface area contributed by atoms with Crippen LogP contribution in [0.25, 0.3) is 42.9 Å². The molecule has 6 rings (SSSR count). The number of nitrogens with one attached hydrogen (secondary N) is 1. The fraction of sp³-hybridized carbons (Fsp3) is 0.0833. The molecule has 0 saturated heterocycles. The van der Waals surface area contributed by atoms with Crippen molar-refractivity contribution in [3.05, 3.63) is 60.8 Å². The number of hydrogen-bond donors (Lipinski definition) is 2. The van der Waals surface area contributed by atoms with Gasteiger partial charge in [0.1, 0.15) is 5.00 Å². The number of pyridine rings is 1. The number of carbonyl (C=O) groups is 1. The second-order valence-corrected chi connectivity index (χ2v) is 8.39. The molecule has 152 valence electrons. The van der Waals surface area contributed by atoms with Crippen molar-refractivity contribution in [3.8, 4) is 11.1 Å². The van der Waals surface area contributed by atoms with Gasteiger partial charge in [0.05, 0.1) is 22.5 Å². The Morgan fingerprint density at radius 1 is 1.06 bits per heavy atom. The number of fused-ring (bicyclic) bond motifs is 10. The third-order valence-electron chi connectivity index (χ3n) is 5.64. The predicted octanol–water partition coefficient (Wildman–Crippen LogP) is 6.16. The van der Waals surface area contributed by atoms with Crippen LogP contribution in [0.1, 0.15) is 6.92 Å². The molecule has 7 heteroatoms. The first-order valence-electron chi connectivity index (χ1n) is 10.0. The summed E-state index contributed by atoms with van der Waals surface area (Å²) in [4.78, 5) is 17.7. The van der Waals surface area contributed by atoms with E-state index in [9.17, 15) is 4.79 Å². The molecule has 3 aromatic carbocycles. The predicted molar refractivity (Wildman–Crippen MR) is 128 cm³/mol. The van der Waals surface area contributed by atoms with Crippen LogP contribution in [0.15, 0.2) is 60.8 Å². The molecule has 1 aliphatic heterocycles. The largest absolute Gasteiger partial charge is 0.448 e. The molecule has 0 spiro atoms. The minimum absolute atomic E-state index is 0.272. The van der Waals surface area contributed by atoms with Gasteiger partial charge in [-0.25, -0.2) is 4.79 Å². The minimum Gasteiger partial charge on any atom is -0.448 e. The van der Waals surface area contributed by atoms with Crippen LogP contribution in [0.3, 0.4) is 0 Å². The first-order valence-corrected chi connectivity index (χ1v) is 10.8. The zero-order valence-electron chi connectivity index (χ0n) is 16.7. The third-order valence-corrected chi connectivity index (χ3v) is 6.69. The molecule has 0 radical (unpaired) electrons. The maximum absolute atomic E-state index is 13.1. The molecule has 31 heavy (non-hydrogen) atoms. The van der Waals surface area contributed by atoms with E-state index in [1.807, 2.05) is 42.5 Å². The standard InChI is InChI=1S/C24H18N4O2S/c1-2-30-24(29)28-22-18-14(9-5-10-16(18)25)13-7-3-4-8-15(13)19(22)20-21-17(11-6-12-26-21)31-23(20)27-28/h3-12,27H,2,25H2,1H3. The van der Waals surface area contributed by atoms with Gasteiger partial charge in [-0.05, 0) is 41.3 Å². The van der Waals surface area contributed by atoms with Crippen LogP contribution >= 0.6 is 11.3 Å². The highest BCUT2D eigenvalue weighted by Crippen LogP contribution is 2.54. The van der Waals surface area contributed by atoms with Crippen molar-refractivity contribution in [2.24, 2.45) is 0 Å². The molecular formula is C24H18N4O2S. The average Bonchev–Trinajstić information content (AvgIpc) is 3.17. The molecule has 1 amide bonds. The van der Waals surface area contributed by atoms with E-state index >= 15 is 0 Å². The fourth-order valence-corrected chi connectivity index (χ4v) is 5.50. The summed E-state index contributed by atoms with van der Waals surface area (Å²) in [5, 5.41) is 6.27. The molecule has 3 N–H and O–H groups in total. The SMILES string of the molecule is CCOC(=O)N1Nc2sc3cccnc3c2-c2c1c1c(N)cccc1c1ccccc21. The number of amides is 1. The van der Waals surface area contributed by atoms with E-state index in [1.54, 1.807) is 24.5 Å². The number of rotatable bonds is 1. The van der Waals surface area contributed by atoms with Crippen LogP contribution in [-0.2, 0) is 4.74 Å². The number of anilines is 3. The molecule has 3 heterocycles. The summed E-state index contributed by atoms with van der Waals surface area (Å²) < 4.78 is 6.44. The summed E-state index contributed by atoms with van der Waals surface area (Å²) in [5.41, 5.74) is 13.9. The smallest absolute Gasteiger partial charge is 0.433 e. The van der Waals surface area contributed by atoms with Gasteiger partial charge < -0.3 is 10.5 Å². The zero-order valence-corrected chi connectivity index (χ0v) is 17.5. The normalized spacial score (nSPS) is 12.6. The molecule has 5 aromatic rings. The zero-order chi connectivity index (χ0) is 21.1. The first kappa shape index (κ1) is 18.0. The first-order chi connectivity index (χ1) is 15.2. The van der Waals surface area contributed by atoms with E-state index in [1.165, 1.54) is 5.01 Å². The number of hydrogen-bond acceptors (Lipinski definition) is 6. The number of thiophene rings is 1. The highest BCUT2D eigenvalue weighted by molar-refractivity contribution is 7.23. The van der Waals surface area contributed by atoms with Crippen LogP contribution < -0.4 is 16.2 Å². The van der Waals surface area contributed by atoms with Crippen molar-refractivity contribution >= 4 is 65.6 Å². The van der Waals surface area contributed by atoms with Crippen molar-refractivity contribution in [1.29, 1.82) is 0 Å². The van der Waals surface area contributed by atoms with Crippen molar-refractivity contribution in [1.82, 2.24) is 4.98 Å². The van der Waals surface area contributed by atoms with Crippen molar-refractivity contribution < 1.29 is 9.53 Å². The molecule has 2 aromatic heterocycles. The van der Waals surface area contributed by atoms with Gasteiger partial charge in [-0.15, -0.1) is 11.3 Å². The van der Waals surface area contributed by atoms with Crippen LogP contribution in [0.4, 0.5) is 21.2 Å². The van der Waals surface area contributed by atoms with Gasteiger partial charge in [0.15, 0.2) is 0 Å². The molecule has 0 bridgehead atoms. The third kappa shape index (κ3) is 2.44. The highest BCUT2D eigenvalue weighted by Gasteiger charge is 2.34. The average molecular weight is 427 g/mol. The summed E-state index contributed by atoms with van der Waals surface area (Å²) in [7, 11) is 0. The Kier molecular flexibility index (Phi) is 3.82. The molecule has 0 unspecified atom stereocenters. The number of ether oxygens (including phenoxy) is 1. The minimum atomic E-state index is -0.473. The highest BCUT2D eigenvalue weighted by atomic mass is 32.1. The second kappa shape index (κ2) is 6.58. The second-order valence-electron chi connectivity index (χ2n) is 7.34. The van der Waals surface area contributed by atoms with Gasteiger partial charge in [0.2, 0.25) is 0 Å². The molecule has 1 aliphatic rings. The summed E-state index contributed by atoms with van der Waals surface area (Å²) in [6, 6.07) is 18.0. The van der Waals surface area contributed by atoms with Crippen molar-refractivity contribution in [2.45, 2.75) is 6.92 Å². The Morgan fingerprint density at radius 3 is 2.71 bits per heavy atom. The molecule has 0 aliphatic carbocycles. The lowest BCUT2D eigenvalue weighted by atomic mass is 9.89. The van der Waals surface area contributed by atoms with E-state index in [0.29, 0.717) is 11.4 Å². The quantitative estimate of drug-likeness (QED) is 0.248. The Labute approximate surface area is 181 Å². The van der Waals surface area contributed by atoms with Crippen molar-refractivity contribution in [3.63, 3.8) is 0 Å². The van der Waals surface area contributed by atoms with E-state index in [-0.39, 0.29) is 6.61 Å². The summed E-state index contributed by atoms with van der Waals surface area (Å²) in [6.45, 7) is 2.07. The van der Waals surface area contributed by atoms with Gasteiger partial charge in [-0.2, -0.15) is 5.01 Å². The molecule has 0 fully saturated rings. The van der Waals surface area contributed by atoms with E-state index in [2.05, 4.69) is 22.5 Å². The van der Waals surface area contributed by atoms with E-state index in [4.69, 9.17) is 10.5 Å². The van der Waals surface area contributed by atoms with Gasteiger partial charge >= 0.3 is 6.09 Å². The maximum Gasteiger partial charge on any atom is 0.433 e. The van der Waals surface area contributed by atoms with Crippen LogP contribution in [0, 0.1) is 0 Å². The topological polar surface area (TPSA) is 80.5 Å². The van der Waals surface area contributed by atoms with Gasteiger partial charge in [-0.3, -0.25) is 10.4 Å². The number of nitrogens with two attached hydrogens (primary N) is 1. The van der Waals surface area contributed by atoms with E-state index < -0.39 is 6.09 Å². The molecular weight excluding hydrogens is 408 g/mol. The summed E-state index contributed by atoms with van der Waals surface area (Å²) in [5.74, 6) is 0. The van der Waals surface area contributed by atoms with Gasteiger partial charge in [0, 0.05) is 28.4 Å². The van der Waals surface area contributed by atoms with Crippen molar-refractivity contribution in [2.75, 3.05) is 22.8 Å². The summed E-state index contributed by atoms with van der Waals surface area (Å²) >= 11 is 1.57. The Morgan fingerprint density at radius 2 is 1.87 bits per heavy atom. The molecule has 0 atom stereocenters. The number of aromatic nitrogens is 1. The molecule has 0 saturated carbocycles. The Bertz CT molecular complexity index is 1530. The van der Waals surface area contributed by atoms with Gasteiger partial charge in [0.25, 0.3) is 0 Å². The Hall–Kier alpha value is -3.84. The fourth-order valence-electron chi connectivity index (χ4n) is 4.45. The van der Waals surface area contributed by atoms with Crippen LogP contribution in [0.2, 0.25) is 0 Å². The Balaban J connectivity index is 1.86. The lowest BCUT2D eigenvalue weighted by molar-refractivity contribution is 0.161. The lowest BCUT2D eigenvalue weighted by Crippen LogP contribution is -2.39. The number of nitrogen functional groups attached to an aromatic ring is 1. The molecule has 6 nitrogen and oxygen atoms in total. The maximum atomic E-state index is 13.1. The number of benzene rings is 3. The van der Waals surface area contributed by atoms with E-state index in [0.717, 1.165) is 47.9 Å². The number of hydrazine groups is 1. The number of nitrogens with zero attached hydrogens (tertiary/aromatic N) is 2. The van der Waals surface area contributed by atoms with Crippen LogP contribution in [0.5, 0.6) is 0 Å². The monoisotopic (exact) mass is 426 g/mol. The lowest BCUT2D eigenvalue weighted by Gasteiger charge is -2.32. The van der Waals surface area contributed by atoms with Gasteiger partial charge in [-0.1, -0.05) is 36.4 Å². The number of carbonyl (C=O) groups excluding carboxylic acids is 1.